The van der Waals surface area contributed by atoms with Crippen LogP contribution in [0, 0.1) is 6.92 Å². The summed E-state index contributed by atoms with van der Waals surface area (Å²) in [5.74, 6) is 1.49. The first-order chi connectivity index (χ1) is 10.0. The molecule has 0 heterocycles. The Morgan fingerprint density at radius 3 is 2.38 bits per heavy atom. The van der Waals surface area contributed by atoms with Crippen LogP contribution in [-0.2, 0) is 6.54 Å². The van der Waals surface area contributed by atoms with Crippen LogP contribution in [0.2, 0.25) is 10.0 Å². The molecule has 0 radical (unpaired) electrons. The van der Waals surface area contributed by atoms with Crippen LogP contribution in [-0.4, -0.2) is 14.2 Å². The molecule has 0 atom stereocenters. The van der Waals surface area contributed by atoms with Crippen molar-refractivity contribution in [3.05, 3.63) is 51.5 Å². The fourth-order valence-corrected chi connectivity index (χ4v) is 2.39. The average molecular weight is 326 g/mol. The van der Waals surface area contributed by atoms with E-state index in [2.05, 4.69) is 5.32 Å². The van der Waals surface area contributed by atoms with Crippen molar-refractivity contribution in [2.24, 2.45) is 0 Å². The zero-order chi connectivity index (χ0) is 15.4. The van der Waals surface area contributed by atoms with Crippen molar-refractivity contribution in [2.45, 2.75) is 13.5 Å². The molecular formula is C16H17Cl2NO2. The maximum atomic E-state index is 6.10. The molecule has 5 heteroatoms. The molecule has 0 aromatic heterocycles. The van der Waals surface area contributed by atoms with E-state index in [1.165, 1.54) is 0 Å². The van der Waals surface area contributed by atoms with Gasteiger partial charge in [-0.1, -0.05) is 23.2 Å². The lowest BCUT2D eigenvalue weighted by molar-refractivity contribution is 0.409. The highest BCUT2D eigenvalue weighted by molar-refractivity contribution is 6.31. The molecule has 0 fully saturated rings. The van der Waals surface area contributed by atoms with Gasteiger partial charge in [0.05, 0.1) is 19.9 Å². The Labute approximate surface area is 134 Å². The summed E-state index contributed by atoms with van der Waals surface area (Å²) in [7, 11) is 3.26. The van der Waals surface area contributed by atoms with Crippen LogP contribution >= 0.6 is 23.2 Å². The highest BCUT2D eigenvalue weighted by Gasteiger charge is 2.09. The summed E-state index contributed by atoms with van der Waals surface area (Å²) in [5.41, 5.74) is 2.83. The van der Waals surface area contributed by atoms with Crippen molar-refractivity contribution in [3.8, 4) is 11.5 Å². The molecule has 2 aromatic rings. The zero-order valence-corrected chi connectivity index (χ0v) is 13.7. The highest BCUT2D eigenvalue weighted by atomic mass is 35.5. The Hall–Kier alpha value is -1.58. The van der Waals surface area contributed by atoms with E-state index < -0.39 is 0 Å². The zero-order valence-electron chi connectivity index (χ0n) is 12.2. The molecule has 0 spiro atoms. The van der Waals surface area contributed by atoms with Gasteiger partial charge < -0.3 is 14.8 Å². The summed E-state index contributed by atoms with van der Waals surface area (Å²) >= 11 is 12.1. The molecule has 0 aliphatic rings. The normalized spacial score (nSPS) is 10.3. The summed E-state index contributed by atoms with van der Waals surface area (Å²) < 4.78 is 10.7. The molecule has 0 aliphatic heterocycles. The van der Waals surface area contributed by atoms with Gasteiger partial charge in [-0.3, -0.25) is 0 Å². The molecule has 1 N–H and O–H groups in total. The molecule has 0 unspecified atom stereocenters. The van der Waals surface area contributed by atoms with E-state index in [0.717, 1.165) is 22.6 Å². The van der Waals surface area contributed by atoms with E-state index in [9.17, 15) is 0 Å². The molecular weight excluding hydrogens is 309 g/mol. The second kappa shape index (κ2) is 6.92. The number of methoxy groups -OCH3 is 2. The van der Waals surface area contributed by atoms with E-state index in [-0.39, 0.29) is 0 Å². The van der Waals surface area contributed by atoms with Gasteiger partial charge in [0.15, 0.2) is 0 Å². The van der Waals surface area contributed by atoms with Crippen molar-refractivity contribution in [3.63, 3.8) is 0 Å². The molecule has 2 aromatic carbocycles. The van der Waals surface area contributed by atoms with Crippen molar-refractivity contribution < 1.29 is 9.47 Å². The summed E-state index contributed by atoms with van der Waals surface area (Å²) in [5, 5.41) is 4.68. The SMILES string of the molecule is COc1ccc(Cl)cc1CNc1cc(C)c(Cl)cc1OC. The van der Waals surface area contributed by atoms with E-state index in [1.807, 2.05) is 25.1 Å². The molecule has 2 rings (SSSR count). The van der Waals surface area contributed by atoms with Crippen molar-refractivity contribution in [2.75, 3.05) is 19.5 Å². The molecule has 0 saturated carbocycles. The number of ether oxygens (including phenoxy) is 2. The third-order valence-corrected chi connectivity index (χ3v) is 3.83. The first-order valence-electron chi connectivity index (χ1n) is 6.45. The average Bonchev–Trinajstić information content (AvgIpc) is 2.48. The van der Waals surface area contributed by atoms with Gasteiger partial charge in [-0.15, -0.1) is 0 Å². The Balaban J connectivity index is 2.24. The number of anilines is 1. The predicted molar refractivity (Wildman–Crippen MR) is 88.1 cm³/mol. The summed E-state index contributed by atoms with van der Waals surface area (Å²) in [6.07, 6.45) is 0. The van der Waals surface area contributed by atoms with Crippen LogP contribution < -0.4 is 14.8 Å². The third-order valence-electron chi connectivity index (χ3n) is 3.19. The number of aryl methyl sites for hydroxylation is 1. The van der Waals surface area contributed by atoms with Gasteiger partial charge >= 0.3 is 0 Å². The van der Waals surface area contributed by atoms with Gasteiger partial charge in [-0.05, 0) is 36.8 Å². The molecule has 112 valence electrons. The fourth-order valence-electron chi connectivity index (χ4n) is 2.05. The van der Waals surface area contributed by atoms with Crippen molar-refractivity contribution >= 4 is 28.9 Å². The number of nitrogens with one attached hydrogen (secondary N) is 1. The maximum Gasteiger partial charge on any atom is 0.143 e. The Kier molecular flexibility index (Phi) is 5.21. The van der Waals surface area contributed by atoms with Crippen LogP contribution in [0.5, 0.6) is 11.5 Å². The van der Waals surface area contributed by atoms with Crippen LogP contribution in [0.25, 0.3) is 0 Å². The van der Waals surface area contributed by atoms with Gasteiger partial charge in [0.25, 0.3) is 0 Å². The lowest BCUT2D eigenvalue weighted by atomic mass is 10.1. The third kappa shape index (κ3) is 3.74. The molecule has 0 amide bonds. The molecule has 21 heavy (non-hydrogen) atoms. The van der Waals surface area contributed by atoms with Crippen LogP contribution in [0.4, 0.5) is 5.69 Å². The number of hydrogen-bond donors (Lipinski definition) is 1. The van der Waals surface area contributed by atoms with E-state index >= 15 is 0 Å². The lowest BCUT2D eigenvalue weighted by Crippen LogP contribution is -2.03. The summed E-state index contributed by atoms with van der Waals surface area (Å²) in [4.78, 5) is 0. The van der Waals surface area contributed by atoms with Crippen molar-refractivity contribution in [1.82, 2.24) is 0 Å². The van der Waals surface area contributed by atoms with E-state index in [1.54, 1.807) is 26.4 Å². The van der Waals surface area contributed by atoms with Gasteiger partial charge in [0.1, 0.15) is 11.5 Å². The lowest BCUT2D eigenvalue weighted by Gasteiger charge is -2.15. The van der Waals surface area contributed by atoms with Gasteiger partial charge in [0.2, 0.25) is 0 Å². The maximum absolute atomic E-state index is 6.10. The van der Waals surface area contributed by atoms with Crippen LogP contribution in [0.3, 0.4) is 0 Å². The van der Waals surface area contributed by atoms with Crippen molar-refractivity contribution in [1.29, 1.82) is 0 Å². The number of halogens is 2. The second-order valence-corrected chi connectivity index (χ2v) is 5.46. The van der Waals surface area contributed by atoms with Crippen LogP contribution in [0.15, 0.2) is 30.3 Å². The minimum absolute atomic E-state index is 0.571. The molecule has 3 nitrogen and oxygen atoms in total. The summed E-state index contributed by atoms with van der Waals surface area (Å²) in [6.45, 7) is 2.52. The summed E-state index contributed by atoms with van der Waals surface area (Å²) in [6, 6.07) is 9.29. The highest BCUT2D eigenvalue weighted by Crippen LogP contribution is 2.32. The van der Waals surface area contributed by atoms with E-state index in [4.69, 9.17) is 32.7 Å². The largest absolute Gasteiger partial charge is 0.496 e. The standard InChI is InChI=1S/C16H17Cl2NO2/c1-10-6-14(16(21-3)8-13(10)18)19-9-11-7-12(17)4-5-15(11)20-2/h4-8,19H,9H2,1-3H3. The van der Waals surface area contributed by atoms with Gasteiger partial charge in [-0.25, -0.2) is 0 Å². The van der Waals surface area contributed by atoms with Crippen LogP contribution in [0.1, 0.15) is 11.1 Å². The fraction of sp³-hybridized carbons (Fsp3) is 0.250. The minimum Gasteiger partial charge on any atom is -0.496 e. The first kappa shape index (κ1) is 15.8. The van der Waals surface area contributed by atoms with Gasteiger partial charge in [-0.2, -0.15) is 0 Å². The minimum atomic E-state index is 0.571. The van der Waals surface area contributed by atoms with Gasteiger partial charge in [0, 0.05) is 28.2 Å². The Morgan fingerprint density at radius 1 is 1.00 bits per heavy atom. The number of rotatable bonds is 5. The number of hydrogen-bond acceptors (Lipinski definition) is 3. The topological polar surface area (TPSA) is 30.5 Å². The Morgan fingerprint density at radius 2 is 1.71 bits per heavy atom. The Bertz CT molecular complexity index is 644. The van der Waals surface area contributed by atoms with E-state index in [0.29, 0.717) is 22.3 Å². The second-order valence-electron chi connectivity index (χ2n) is 4.61. The molecule has 0 bridgehead atoms. The first-order valence-corrected chi connectivity index (χ1v) is 7.21. The quantitative estimate of drug-likeness (QED) is 0.845. The molecule has 0 aliphatic carbocycles. The smallest absolute Gasteiger partial charge is 0.143 e. The molecule has 0 saturated heterocycles. The monoisotopic (exact) mass is 325 g/mol. The predicted octanol–water partition coefficient (Wildman–Crippen LogP) is 4.93. The number of benzene rings is 2.